The highest BCUT2D eigenvalue weighted by Crippen LogP contribution is 2.35. The van der Waals surface area contributed by atoms with Gasteiger partial charge < -0.3 is 10.2 Å². The zero-order valence-electron chi connectivity index (χ0n) is 21.0. The van der Waals surface area contributed by atoms with E-state index in [1.54, 1.807) is 13.1 Å². The average Bonchev–Trinajstić information content (AvgIpc) is 3.62. The number of aromatic amines is 1. The Morgan fingerprint density at radius 3 is 2.36 bits per heavy atom. The number of nitrogens with zero attached hydrogens (tertiary/aromatic N) is 6. The van der Waals surface area contributed by atoms with Gasteiger partial charge in [0.1, 0.15) is 50.7 Å². The van der Waals surface area contributed by atoms with E-state index >= 15 is 0 Å². The minimum absolute atomic E-state index is 0.0445. The second-order valence-electron chi connectivity index (χ2n) is 9.22. The molecular weight excluding hydrogens is 486 g/mol. The number of nitrogens with one attached hydrogen (secondary N) is 1. The monoisotopic (exact) mass is 502 g/mol. The third-order valence-corrected chi connectivity index (χ3v) is 6.87. The smallest absolute Gasteiger partial charge is 0.353 e. The predicted octanol–water partition coefficient (Wildman–Crippen LogP) is -2.69. The molecule has 6 aromatic rings. The van der Waals surface area contributed by atoms with Crippen molar-refractivity contribution >= 4 is 89.0 Å². The molecular formula is C24H15B5N8O2. The molecule has 0 aliphatic heterocycles. The van der Waals surface area contributed by atoms with Gasteiger partial charge in [-0.2, -0.15) is 5.10 Å². The van der Waals surface area contributed by atoms with Gasteiger partial charge in [0.05, 0.1) is 29.5 Å². The van der Waals surface area contributed by atoms with Gasteiger partial charge >= 0.3 is 5.69 Å². The normalized spacial score (nSPS) is 11.6. The van der Waals surface area contributed by atoms with Crippen LogP contribution < -0.4 is 38.7 Å². The van der Waals surface area contributed by atoms with E-state index in [-0.39, 0.29) is 56.7 Å². The fraction of sp³-hybridized carbons (Fsp3) is 0.125. The van der Waals surface area contributed by atoms with Crippen molar-refractivity contribution in [2.75, 3.05) is 5.73 Å². The lowest BCUT2D eigenvalue weighted by atomic mass is 9.60. The molecule has 178 valence electrons. The van der Waals surface area contributed by atoms with Crippen LogP contribution in [-0.4, -0.2) is 73.6 Å². The van der Waals surface area contributed by atoms with Gasteiger partial charge in [-0.1, -0.05) is 10.9 Å². The van der Waals surface area contributed by atoms with E-state index in [1.165, 1.54) is 15.5 Å². The van der Waals surface area contributed by atoms with E-state index < -0.39 is 5.69 Å². The van der Waals surface area contributed by atoms with Crippen LogP contribution >= 0.6 is 0 Å². The lowest BCUT2D eigenvalue weighted by molar-refractivity contribution is 0.521. The molecule has 0 fully saturated rings. The molecule has 0 bridgehead atoms. The number of oxazole rings is 1. The first-order valence-electron chi connectivity index (χ1n) is 11.7. The van der Waals surface area contributed by atoms with Crippen molar-refractivity contribution in [3.8, 4) is 22.4 Å². The minimum Gasteiger partial charge on any atom is -0.448 e. The molecule has 3 N–H and O–H groups in total. The van der Waals surface area contributed by atoms with Crippen LogP contribution in [0.25, 0.3) is 38.9 Å². The molecule has 0 aliphatic rings. The third-order valence-electron chi connectivity index (χ3n) is 6.87. The highest BCUT2D eigenvalue weighted by Gasteiger charge is 2.25. The molecule has 2 aromatic carbocycles. The maximum atomic E-state index is 13.5. The van der Waals surface area contributed by atoms with Crippen LogP contribution in [0.2, 0.25) is 0 Å². The van der Waals surface area contributed by atoms with Gasteiger partial charge in [-0.25, -0.2) is 23.8 Å². The molecule has 0 saturated carbocycles. The standard InChI is InChI=1S/C24H15B5N8O2/c1-8-3-10(4-11-5-32-34-20(8)11)13-21(14-15(25)17(27)19(29)18(28)16(14)26)33-23(30)37-22(13)35-36(24(37)38)6-12-9(2)39-7-31-12/h3-5,7H,6H2,1-2H3,(H2,30,33)(H,32,34). The lowest BCUT2D eigenvalue weighted by Crippen LogP contribution is -2.55. The fourth-order valence-electron chi connectivity index (χ4n) is 4.76. The Morgan fingerprint density at radius 2 is 1.69 bits per heavy atom. The van der Waals surface area contributed by atoms with E-state index in [4.69, 9.17) is 49.4 Å². The van der Waals surface area contributed by atoms with Crippen LogP contribution in [0.15, 0.2) is 33.9 Å². The lowest BCUT2D eigenvalue weighted by Gasteiger charge is -2.23. The molecule has 10 radical (unpaired) electrons. The van der Waals surface area contributed by atoms with Crippen LogP contribution in [0.3, 0.4) is 0 Å². The Bertz CT molecular complexity index is 1990. The second kappa shape index (κ2) is 8.83. The molecule has 0 unspecified atom stereocenters. The largest absolute Gasteiger partial charge is 0.448 e. The summed E-state index contributed by atoms with van der Waals surface area (Å²) in [4.78, 5) is 22.3. The molecule has 0 spiro atoms. The van der Waals surface area contributed by atoms with Crippen LogP contribution in [0.4, 0.5) is 5.95 Å². The first-order chi connectivity index (χ1) is 18.6. The Morgan fingerprint density at radius 1 is 1.00 bits per heavy atom. The number of fused-ring (bicyclic) bond motifs is 2. The van der Waals surface area contributed by atoms with Crippen molar-refractivity contribution in [3.05, 3.63) is 52.2 Å². The maximum Gasteiger partial charge on any atom is 0.353 e. The van der Waals surface area contributed by atoms with Crippen molar-refractivity contribution in [1.82, 2.24) is 34.3 Å². The fourth-order valence-corrected chi connectivity index (χ4v) is 4.76. The van der Waals surface area contributed by atoms with Gasteiger partial charge in [0.15, 0.2) is 12.0 Å². The zero-order valence-corrected chi connectivity index (χ0v) is 21.0. The maximum absolute atomic E-state index is 13.5. The topological polar surface area (TPSA) is 133 Å². The Kier molecular flexibility index (Phi) is 5.64. The van der Waals surface area contributed by atoms with Crippen LogP contribution in [-0.2, 0) is 6.54 Å². The highest BCUT2D eigenvalue weighted by atomic mass is 16.3. The van der Waals surface area contributed by atoms with Gasteiger partial charge in [-0.05, 0) is 42.7 Å². The number of hydrogen-bond acceptors (Lipinski definition) is 7. The number of aromatic nitrogens is 7. The summed E-state index contributed by atoms with van der Waals surface area (Å²) in [6.07, 6.45) is 2.99. The molecule has 15 heteroatoms. The van der Waals surface area contributed by atoms with E-state index in [0.29, 0.717) is 22.6 Å². The number of rotatable bonds is 4. The molecule has 10 nitrogen and oxygen atoms in total. The molecule has 6 rings (SSSR count). The number of anilines is 1. The summed E-state index contributed by atoms with van der Waals surface area (Å²) < 4.78 is 7.72. The molecule has 0 saturated heterocycles. The van der Waals surface area contributed by atoms with Gasteiger partial charge in [-0.3, -0.25) is 5.10 Å². The number of nitrogens with two attached hydrogens (primary N) is 1. The summed E-state index contributed by atoms with van der Waals surface area (Å²) in [7, 11) is 31.2. The van der Waals surface area contributed by atoms with Crippen molar-refractivity contribution < 1.29 is 4.42 Å². The van der Waals surface area contributed by atoms with Crippen LogP contribution in [0.5, 0.6) is 0 Å². The Balaban J connectivity index is 1.75. The highest BCUT2D eigenvalue weighted by molar-refractivity contribution is 6.68. The average molecular weight is 501 g/mol. The molecule has 4 heterocycles. The quantitative estimate of drug-likeness (QED) is 0.251. The Hall–Kier alpha value is -4.41. The SMILES string of the molecule is [B]c1c([B])c([B])c(-c2nc(N)n3c(=O)n(Cc4ncoc4C)nc3c2-c2cc(C)c3[nH]ncc3c2)c([B])c1[B]. The van der Waals surface area contributed by atoms with Gasteiger partial charge in [0.25, 0.3) is 0 Å². The molecule has 39 heavy (non-hydrogen) atoms. The number of H-pyrrole nitrogens is 1. The summed E-state index contributed by atoms with van der Waals surface area (Å²) >= 11 is 0. The van der Waals surface area contributed by atoms with Crippen LogP contribution in [0, 0.1) is 13.8 Å². The molecule has 0 amide bonds. The predicted molar refractivity (Wildman–Crippen MR) is 154 cm³/mol. The number of hydrogen-bond donors (Lipinski definition) is 2. The third kappa shape index (κ3) is 3.67. The molecule has 0 aliphatic carbocycles. The first kappa shape index (κ1) is 24.9. The van der Waals surface area contributed by atoms with Crippen LogP contribution in [0.1, 0.15) is 17.0 Å². The van der Waals surface area contributed by atoms with E-state index in [2.05, 4.69) is 25.3 Å². The van der Waals surface area contributed by atoms with Gasteiger partial charge in [-0.15, -0.1) is 21.5 Å². The first-order valence-corrected chi connectivity index (χ1v) is 11.7. The van der Waals surface area contributed by atoms with Crippen molar-refractivity contribution in [2.24, 2.45) is 0 Å². The summed E-state index contributed by atoms with van der Waals surface area (Å²) in [6, 6.07) is 3.78. The van der Waals surface area contributed by atoms with E-state index in [0.717, 1.165) is 16.5 Å². The van der Waals surface area contributed by atoms with E-state index in [9.17, 15) is 4.79 Å². The molecule has 0 atom stereocenters. The summed E-state index contributed by atoms with van der Waals surface area (Å²) in [5.41, 5.74) is 10.1. The van der Waals surface area contributed by atoms with Gasteiger partial charge in [0.2, 0.25) is 5.95 Å². The Labute approximate surface area is 228 Å². The summed E-state index contributed by atoms with van der Waals surface area (Å²) in [5, 5.41) is 12.6. The van der Waals surface area contributed by atoms with Crippen molar-refractivity contribution in [2.45, 2.75) is 20.4 Å². The van der Waals surface area contributed by atoms with Gasteiger partial charge in [0, 0.05) is 5.39 Å². The van der Waals surface area contributed by atoms with E-state index in [1.807, 2.05) is 19.1 Å². The summed E-state index contributed by atoms with van der Waals surface area (Å²) in [6.45, 7) is 3.71. The minimum atomic E-state index is -0.524. The van der Waals surface area contributed by atoms with Crippen molar-refractivity contribution in [1.29, 1.82) is 0 Å². The summed E-state index contributed by atoms with van der Waals surface area (Å²) in [5.74, 6) is 0.408. The van der Waals surface area contributed by atoms with Crippen molar-refractivity contribution in [3.63, 3.8) is 0 Å². The number of benzene rings is 2. The number of aryl methyl sites for hydroxylation is 2. The zero-order chi connectivity index (χ0) is 27.7. The molecule has 4 aromatic heterocycles. The second-order valence-corrected chi connectivity index (χ2v) is 9.22. The number of nitrogen functional groups attached to an aromatic ring is 1.